The Labute approximate surface area is 101 Å². The molecular weight excluding hydrogens is 221 g/mol. The van der Waals surface area contributed by atoms with Gasteiger partial charge in [0, 0.05) is 18.9 Å². The van der Waals surface area contributed by atoms with E-state index in [0.717, 1.165) is 0 Å². The number of Topliss-reactive ketones (excluding diaryl/α,β-unsaturated/α-hetero) is 1. The highest BCUT2D eigenvalue weighted by atomic mass is 19.1. The van der Waals surface area contributed by atoms with E-state index in [2.05, 4.69) is 0 Å². The van der Waals surface area contributed by atoms with Gasteiger partial charge in [0.2, 0.25) is 0 Å². The molecule has 94 valence electrons. The topological polar surface area (TPSA) is 52.3 Å². The first-order chi connectivity index (χ1) is 8.12. The molecule has 1 aromatic carbocycles. The highest BCUT2D eigenvalue weighted by Crippen LogP contribution is 2.19. The number of carbonyl (C=O) groups is 1. The van der Waals surface area contributed by atoms with Crippen molar-refractivity contribution in [3.63, 3.8) is 0 Å². The quantitative estimate of drug-likeness (QED) is 0.825. The zero-order valence-electron chi connectivity index (χ0n) is 10.2. The van der Waals surface area contributed by atoms with Gasteiger partial charge in [0.05, 0.1) is 7.11 Å². The largest absolute Gasteiger partial charge is 0.494 e. The lowest BCUT2D eigenvalue weighted by molar-refractivity contribution is -0.122. The van der Waals surface area contributed by atoms with Crippen LogP contribution in [-0.4, -0.2) is 19.4 Å². The Balaban J connectivity index is 2.75. The fraction of sp³-hybridized carbons (Fsp3) is 0.462. The first-order valence-electron chi connectivity index (χ1n) is 5.67. The van der Waals surface area contributed by atoms with Crippen molar-refractivity contribution in [3.05, 3.63) is 29.6 Å². The smallest absolute Gasteiger partial charge is 0.165 e. The van der Waals surface area contributed by atoms with Gasteiger partial charge in [0.15, 0.2) is 11.6 Å². The summed E-state index contributed by atoms with van der Waals surface area (Å²) in [4.78, 5) is 11.8. The second-order valence-electron chi connectivity index (χ2n) is 3.95. The third-order valence-electron chi connectivity index (χ3n) is 2.83. The monoisotopic (exact) mass is 239 g/mol. The molecule has 0 spiro atoms. The van der Waals surface area contributed by atoms with Crippen molar-refractivity contribution in [3.8, 4) is 5.75 Å². The normalized spacial score (nSPS) is 12.2. The van der Waals surface area contributed by atoms with Crippen LogP contribution in [0.15, 0.2) is 18.2 Å². The van der Waals surface area contributed by atoms with Gasteiger partial charge in [-0.2, -0.15) is 0 Å². The molecule has 0 saturated heterocycles. The minimum atomic E-state index is -0.446. The van der Waals surface area contributed by atoms with Crippen LogP contribution < -0.4 is 10.5 Å². The van der Waals surface area contributed by atoms with Crippen molar-refractivity contribution in [1.82, 2.24) is 0 Å². The van der Waals surface area contributed by atoms with Crippen molar-refractivity contribution >= 4 is 5.78 Å². The first-order valence-corrected chi connectivity index (χ1v) is 5.67. The van der Waals surface area contributed by atoms with Crippen LogP contribution in [0.3, 0.4) is 0 Å². The maximum atomic E-state index is 13.4. The van der Waals surface area contributed by atoms with Crippen LogP contribution in [0, 0.1) is 11.7 Å². The summed E-state index contributed by atoms with van der Waals surface area (Å²) < 4.78 is 18.2. The SMILES string of the molecule is CCC(CN)C(=O)Cc1ccc(OC)c(F)c1. The van der Waals surface area contributed by atoms with Crippen LogP contribution >= 0.6 is 0 Å². The number of carbonyl (C=O) groups excluding carboxylic acids is 1. The number of halogens is 1. The number of methoxy groups -OCH3 is 1. The van der Waals surface area contributed by atoms with Crippen molar-refractivity contribution in [2.45, 2.75) is 19.8 Å². The van der Waals surface area contributed by atoms with Gasteiger partial charge in [-0.1, -0.05) is 13.0 Å². The summed E-state index contributed by atoms with van der Waals surface area (Å²) in [7, 11) is 1.41. The van der Waals surface area contributed by atoms with Gasteiger partial charge in [-0.3, -0.25) is 4.79 Å². The van der Waals surface area contributed by atoms with E-state index >= 15 is 0 Å². The summed E-state index contributed by atoms with van der Waals surface area (Å²) >= 11 is 0. The molecule has 0 bridgehead atoms. The fourth-order valence-corrected chi connectivity index (χ4v) is 1.69. The Morgan fingerprint density at radius 1 is 1.53 bits per heavy atom. The van der Waals surface area contributed by atoms with Gasteiger partial charge in [-0.25, -0.2) is 4.39 Å². The summed E-state index contributed by atoms with van der Waals surface area (Å²) in [5.74, 6) is -0.342. The standard InChI is InChI=1S/C13H18FNO2/c1-3-10(8-15)12(16)7-9-4-5-13(17-2)11(14)6-9/h4-6,10H,3,7-8,15H2,1-2H3. The molecular formula is C13H18FNO2. The molecule has 0 radical (unpaired) electrons. The molecule has 1 atom stereocenters. The van der Waals surface area contributed by atoms with Crippen LogP contribution in [0.5, 0.6) is 5.75 Å². The minimum Gasteiger partial charge on any atom is -0.494 e. The number of rotatable bonds is 6. The van der Waals surface area contributed by atoms with Crippen LogP contribution in [0.1, 0.15) is 18.9 Å². The summed E-state index contributed by atoms with van der Waals surface area (Å²) in [5, 5.41) is 0. The zero-order chi connectivity index (χ0) is 12.8. The van der Waals surface area contributed by atoms with Crippen LogP contribution in [0.2, 0.25) is 0 Å². The lowest BCUT2D eigenvalue weighted by Crippen LogP contribution is -2.24. The number of benzene rings is 1. The van der Waals surface area contributed by atoms with Crippen LogP contribution in [0.4, 0.5) is 4.39 Å². The van der Waals surface area contributed by atoms with E-state index in [1.165, 1.54) is 19.2 Å². The molecule has 0 aliphatic carbocycles. The maximum absolute atomic E-state index is 13.4. The van der Waals surface area contributed by atoms with E-state index in [0.29, 0.717) is 18.5 Å². The summed E-state index contributed by atoms with van der Waals surface area (Å²) in [6.07, 6.45) is 0.935. The average Bonchev–Trinajstić information content (AvgIpc) is 2.31. The maximum Gasteiger partial charge on any atom is 0.165 e. The van der Waals surface area contributed by atoms with Gasteiger partial charge >= 0.3 is 0 Å². The highest BCUT2D eigenvalue weighted by molar-refractivity contribution is 5.83. The molecule has 1 aromatic rings. The number of nitrogens with two attached hydrogens (primary N) is 1. The number of hydrogen-bond acceptors (Lipinski definition) is 3. The van der Waals surface area contributed by atoms with Gasteiger partial charge in [-0.15, -0.1) is 0 Å². The lowest BCUT2D eigenvalue weighted by atomic mass is 9.96. The van der Waals surface area contributed by atoms with Gasteiger partial charge in [0.25, 0.3) is 0 Å². The van der Waals surface area contributed by atoms with Crippen LogP contribution in [0.25, 0.3) is 0 Å². The third kappa shape index (κ3) is 3.53. The molecule has 3 nitrogen and oxygen atoms in total. The molecule has 4 heteroatoms. The van der Waals surface area contributed by atoms with Gasteiger partial charge in [0.1, 0.15) is 5.78 Å². The van der Waals surface area contributed by atoms with Crippen molar-refractivity contribution in [1.29, 1.82) is 0 Å². The van der Waals surface area contributed by atoms with E-state index in [1.807, 2.05) is 6.92 Å². The Bertz CT molecular complexity index is 389. The van der Waals surface area contributed by atoms with Gasteiger partial charge in [-0.05, 0) is 24.1 Å². The number of ether oxygens (including phenoxy) is 1. The highest BCUT2D eigenvalue weighted by Gasteiger charge is 2.15. The summed E-state index contributed by atoms with van der Waals surface area (Å²) in [5.41, 5.74) is 6.15. The van der Waals surface area contributed by atoms with Crippen LogP contribution in [-0.2, 0) is 11.2 Å². The second-order valence-corrected chi connectivity index (χ2v) is 3.95. The first kappa shape index (κ1) is 13.6. The van der Waals surface area contributed by atoms with E-state index in [1.54, 1.807) is 6.07 Å². The minimum absolute atomic E-state index is 0.0552. The Kier molecular flexibility index (Phi) is 5.10. The summed E-state index contributed by atoms with van der Waals surface area (Å²) in [6, 6.07) is 4.56. The number of hydrogen-bond donors (Lipinski definition) is 1. The predicted octanol–water partition coefficient (Wildman–Crippen LogP) is 1.93. The lowest BCUT2D eigenvalue weighted by Gasteiger charge is -2.11. The molecule has 0 aliphatic heterocycles. The van der Waals surface area contributed by atoms with E-state index in [4.69, 9.17) is 10.5 Å². The second kappa shape index (κ2) is 6.35. The predicted molar refractivity (Wildman–Crippen MR) is 64.5 cm³/mol. The van der Waals surface area contributed by atoms with E-state index in [9.17, 15) is 9.18 Å². The molecule has 2 N–H and O–H groups in total. The van der Waals surface area contributed by atoms with E-state index < -0.39 is 5.82 Å². The molecule has 0 aromatic heterocycles. The summed E-state index contributed by atoms with van der Waals surface area (Å²) in [6.45, 7) is 2.26. The van der Waals surface area contributed by atoms with Gasteiger partial charge < -0.3 is 10.5 Å². The Hall–Kier alpha value is -1.42. The Morgan fingerprint density at radius 2 is 2.24 bits per heavy atom. The van der Waals surface area contributed by atoms with E-state index in [-0.39, 0.29) is 23.9 Å². The Morgan fingerprint density at radius 3 is 2.71 bits per heavy atom. The molecule has 0 aliphatic rings. The molecule has 0 heterocycles. The zero-order valence-corrected chi connectivity index (χ0v) is 10.2. The van der Waals surface area contributed by atoms with Crippen molar-refractivity contribution in [2.75, 3.05) is 13.7 Å². The number of ketones is 1. The molecule has 0 saturated carbocycles. The molecule has 0 fully saturated rings. The molecule has 1 rings (SSSR count). The molecule has 0 amide bonds. The van der Waals surface area contributed by atoms with Crippen molar-refractivity contribution < 1.29 is 13.9 Å². The van der Waals surface area contributed by atoms with Crippen molar-refractivity contribution in [2.24, 2.45) is 11.7 Å². The molecule has 1 unspecified atom stereocenters. The third-order valence-corrected chi connectivity index (χ3v) is 2.83. The average molecular weight is 239 g/mol. The fourth-order valence-electron chi connectivity index (χ4n) is 1.69. The molecule has 17 heavy (non-hydrogen) atoms.